The summed E-state index contributed by atoms with van der Waals surface area (Å²) in [5.41, 5.74) is 2.17. The fourth-order valence-electron chi connectivity index (χ4n) is 2.81. The molecule has 1 N–H and O–H groups in total. The highest BCUT2D eigenvalue weighted by Crippen LogP contribution is 2.42. The Kier molecular flexibility index (Phi) is 3.95. The number of nitrogens with one attached hydrogen (secondary N) is 1. The van der Waals surface area contributed by atoms with Crippen molar-refractivity contribution >= 4 is 40.3 Å². The minimum atomic E-state index is -0.256. The lowest BCUT2D eigenvalue weighted by atomic mass is 10.1. The highest BCUT2D eigenvalue weighted by atomic mass is 127. The first-order valence-electron chi connectivity index (χ1n) is 7.54. The quantitative estimate of drug-likeness (QED) is 0.721. The number of rotatable bonds is 2. The summed E-state index contributed by atoms with van der Waals surface area (Å²) in [4.78, 5) is 6.34. The summed E-state index contributed by atoms with van der Waals surface area (Å²) in [5, 5.41) is 3.26. The molecule has 7 heteroatoms. The van der Waals surface area contributed by atoms with Crippen LogP contribution in [-0.2, 0) is 0 Å². The molecule has 0 amide bonds. The monoisotopic (exact) mass is 439 g/mol. The van der Waals surface area contributed by atoms with Crippen molar-refractivity contribution in [2.24, 2.45) is 4.99 Å². The van der Waals surface area contributed by atoms with Crippen LogP contribution in [0.4, 0.5) is 15.8 Å². The molecule has 0 bridgehead atoms. The third kappa shape index (κ3) is 2.66. The van der Waals surface area contributed by atoms with Crippen LogP contribution >= 0.6 is 22.6 Å². The summed E-state index contributed by atoms with van der Waals surface area (Å²) in [5.74, 6) is 1.13. The molecule has 2 aliphatic rings. The normalized spacial score (nSPS) is 18.3. The van der Waals surface area contributed by atoms with Gasteiger partial charge in [0.2, 0.25) is 0 Å². The Labute approximate surface area is 152 Å². The van der Waals surface area contributed by atoms with Gasteiger partial charge in [-0.05, 0) is 40.8 Å². The van der Waals surface area contributed by atoms with Crippen LogP contribution in [0.15, 0.2) is 35.3 Å². The predicted molar refractivity (Wildman–Crippen MR) is 98.8 cm³/mol. The standard InChI is InChI=1S/C17H15FIN3O2/c1-22-9-20-13-8-15-14(23-5-6-24-15)7-10(13)17(22)21-12-4-2-3-11(19)16(12)18/h2-4,7-9,17,21H,5-6H2,1H3. The predicted octanol–water partition coefficient (Wildman–Crippen LogP) is 3.92. The van der Waals surface area contributed by atoms with Gasteiger partial charge in [-0.3, -0.25) is 0 Å². The number of anilines is 1. The summed E-state index contributed by atoms with van der Waals surface area (Å²) >= 11 is 1.99. The minimum absolute atomic E-state index is 0.249. The average Bonchev–Trinajstić information content (AvgIpc) is 2.59. The van der Waals surface area contributed by atoms with Crippen LogP contribution in [0.2, 0.25) is 0 Å². The molecule has 0 aromatic heterocycles. The minimum Gasteiger partial charge on any atom is -0.486 e. The van der Waals surface area contributed by atoms with E-state index in [1.165, 1.54) is 0 Å². The van der Waals surface area contributed by atoms with E-state index >= 15 is 0 Å². The lowest BCUT2D eigenvalue weighted by molar-refractivity contribution is 0.171. The van der Waals surface area contributed by atoms with Crippen LogP contribution in [0.3, 0.4) is 0 Å². The fraction of sp³-hybridized carbons (Fsp3) is 0.235. The number of halogens is 2. The van der Waals surface area contributed by atoms with Crippen molar-refractivity contribution in [2.45, 2.75) is 6.17 Å². The summed E-state index contributed by atoms with van der Waals surface area (Å²) < 4.78 is 26.2. The van der Waals surface area contributed by atoms with Gasteiger partial charge in [0.05, 0.1) is 21.3 Å². The second-order valence-electron chi connectivity index (χ2n) is 5.61. The number of ether oxygens (including phenoxy) is 2. The first-order chi connectivity index (χ1) is 11.6. The molecule has 0 aliphatic carbocycles. The topological polar surface area (TPSA) is 46.1 Å². The van der Waals surface area contributed by atoms with Gasteiger partial charge in [-0.2, -0.15) is 0 Å². The molecule has 4 rings (SSSR count). The van der Waals surface area contributed by atoms with E-state index in [0.29, 0.717) is 34.0 Å². The van der Waals surface area contributed by atoms with E-state index in [2.05, 4.69) is 10.3 Å². The van der Waals surface area contributed by atoms with Crippen molar-refractivity contribution in [1.29, 1.82) is 0 Å². The van der Waals surface area contributed by atoms with Crippen LogP contribution in [0.1, 0.15) is 11.7 Å². The van der Waals surface area contributed by atoms with Crippen LogP contribution in [0.25, 0.3) is 0 Å². The Balaban J connectivity index is 1.74. The molecule has 1 atom stereocenters. The molecule has 124 valence electrons. The number of benzene rings is 2. The largest absolute Gasteiger partial charge is 0.486 e. The molecule has 2 aromatic rings. The molecule has 1 unspecified atom stereocenters. The summed E-state index contributed by atoms with van der Waals surface area (Å²) in [7, 11) is 1.90. The number of aliphatic imine (C=N–C) groups is 1. The second kappa shape index (κ2) is 6.12. The molecule has 2 aliphatic heterocycles. The zero-order valence-electron chi connectivity index (χ0n) is 12.9. The summed E-state index contributed by atoms with van der Waals surface area (Å²) in [6.45, 7) is 1.05. The Morgan fingerprint density at radius 3 is 2.79 bits per heavy atom. The maximum atomic E-state index is 14.4. The highest BCUT2D eigenvalue weighted by molar-refractivity contribution is 14.1. The Morgan fingerprint density at radius 1 is 1.25 bits per heavy atom. The maximum Gasteiger partial charge on any atom is 0.163 e. The molecule has 0 spiro atoms. The molecular formula is C17H15FIN3O2. The van der Waals surface area contributed by atoms with Gasteiger partial charge >= 0.3 is 0 Å². The van der Waals surface area contributed by atoms with E-state index < -0.39 is 0 Å². The van der Waals surface area contributed by atoms with Gasteiger partial charge in [-0.15, -0.1) is 0 Å². The Morgan fingerprint density at radius 2 is 2.00 bits per heavy atom. The number of hydrogen-bond acceptors (Lipinski definition) is 5. The molecule has 2 aromatic carbocycles. The lowest BCUT2D eigenvalue weighted by Gasteiger charge is -2.33. The summed E-state index contributed by atoms with van der Waals surface area (Å²) in [6.07, 6.45) is 1.48. The van der Waals surface area contributed by atoms with Crippen LogP contribution in [0, 0.1) is 9.39 Å². The fourth-order valence-corrected chi connectivity index (χ4v) is 3.30. The second-order valence-corrected chi connectivity index (χ2v) is 6.78. The van der Waals surface area contributed by atoms with Crippen molar-refractivity contribution < 1.29 is 13.9 Å². The van der Waals surface area contributed by atoms with E-state index in [9.17, 15) is 4.39 Å². The molecule has 0 saturated carbocycles. The van der Waals surface area contributed by atoms with Crippen LogP contribution in [-0.4, -0.2) is 31.5 Å². The number of hydrogen-bond donors (Lipinski definition) is 1. The molecule has 0 fully saturated rings. The van der Waals surface area contributed by atoms with Crippen LogP contribution < -0.4 is 14.8 Å². The third-order valence-corrected chi connectivity index (χ3v) is 4.85. The van der Waals surface area contributed by atoms with E-state index in [1.807, 2.05) is 52.7 Å². The number of fused-ring (bicyclic) bond motifs is 2. The van der Waals surface area contributed by atoms with E-state index in [4.69, 9.17) is 9.47 Å². The SMILES string of the molecule is CN1C=Nc2cc3c(cc2C1Nc1cccc(I)c1F)OCCO3. The molecule has 5 nitrogen and oxygen atoms in total. The zero-order valence-corrected chi connectivity index (χ0v) is 15.1. The first kappa shape index (κ1) is 15.5. The van der Waals surface area contributed by atoms with Gasteiger partial charge in [0, 0.05) is 18.7 Å². The third-order valence-electron chi connectivity index (χ3n) is 4.02. The lowest BCUT2D eigenvalue weighted by Crippen LogP contribution is -2.32. The number of nitrogens with zero attached hydrogens (tertiary/aromatic N) is 2. The highest BCUT2D eigenvalue weighted by Gasteiger charge is 2.26. The first-order valence-corrected chi connectivity index (χ1v) is 8.61. The van der Waals surface area contributed by atoms with E-state index in [-0.39, 0.29) is 12.0 Å². The van der Waals surface area contributed by atoms with Crippen molar-refractivity contribution in [1.82, 2.24) is 4.90 Å². The smallest absolute Gasteiger partial charge is 0.163 e. The van der Waals surface area contributed by atoms with Gasteiger partial charge in [-0.25, -0.2) is 9.38 Å². The van der Waals surface area contributed by atoms with Crippen molar-refractivity contribution in [3.05, 3.63) is 45.3 Å². The van der Waals surface area contributed by atoms with E-state index in [0.717, 1.165) is 11.3 Å². The molecular weight excluding hydrogens is 424 g/mol. The van der Waals surface area contributed by atoms with E-state index in [1.54, 1.807) is 18.5 Å². The van der Waals surface area contributed by atoms with Crippen molar-refractivity contribution in [2.75, 3.05) is 25.6 Å². The molecule has 24 heavy (non-hydrogen) atoms. The van der Waals surface area contributed by atoms with Crippen molar-refractivity contribution in [3.63, 3.8) is 0 Å². The van der Waals surface area contributed by atoms with Crippen LogP contribution in [0.5, 0.6) is 11.5 Å². The van der Waals surface area contributed by atoms with Crippen molar-refractivity contribution in [3.8, 4) is 11.5 Å². The zero-order chi connectivity index (χ0) is 16.7. The molecule has 0 saturated heterocycles. The summed E-state index contributed by atoms with van der Waals surface area (Å²) in [6, 6.07) is 9.08. The van der Waals surface area contributed by atoms with Gasteiger partial charge in [0.15, 0.2) is 17.3 Å². The van der Waals surface area contributed by atoms with Gasteiger partial charge < -0.3 is 19.7 Å². The maximum absolute atomic E-state index is 14.4. The van der Waals surface area contributed by atoms with Gasteiger partial charge in [0.25, 0.3) is 0 Å². The van der Waals surface area contributed by atoms with Gasteiger partial charge in [0.1, 0.15) is 19.4 Å². The molecule has 2 heterocycles. The average molecular weight is 439 g/mol. The van der Waals surface area contributed by atoms with Gasteiger partial charge in [-0.1, -0.05) is 6.07 Å². The molecule has 0 radical (unpaired) electrons. The Bertz CT molecular complexity index is 828. The Hall–Kier alpha value is -2.03.